The Morgan fingerprint density at radius 1 is 1.07 bits per heavy atom. The Labute approximate surface area is 168 Å². The summed E-state index contributed by atoms with van der Waals surface area (Å²) in [7, 11) is 2.08. The van der Waals surface area contributed by atoms with E-state index >= 15 is 0 Å². The molecule has 1 saturated carbocycles. The molecule has 4 aromatic rings. The molecule has 3 aromatic heterocycles. The fourth-order valence-corrected chi connectivity index (χ4v) is 3.96. The number of hydrogen-bond acceptors (Lipinski definition) is 6. The van der Waals surface area contributed by atoms with Gasteiger partial charge in [-0.3, -0.25) is 0 Å². The van der Waals surface area contributed by atoms with Gasteiger partial charge in [-0.05, 0) is 39.3 Å². The van der Waals surface area contributed by atoms with E-state index in [-0.39, 0.29) is 5.92 Å². The van der Waals surface area contributed by atoms with E-state index in [4.69, 9.17) is 9.72 Å². The molecule has 1 fully saturated rings. The van der Waals surface area contributed by atoms with Gasteiger partial charge in [-0.1, -0.05) is 12.1 Å². The molecular formula is C21H23N7O. The van der Waals surface area contributed by atoms with Gasteiger partial charge in [0.2, 0.25) is 0 Å². The smallest absolute Gasteiger partial charge is 0.318 e. The van der Waals surface area contributed by atoms with E-state index in [2.05, 4.69) is 43.8 Å². The number of aryl methyl sites for hydroxylation is 3. The number of nitrogens with zero attached hydrogens (tertiary/aromatic N) is 7. The highest BCUT2D eigenvalue weighted by Gasteiger charge is 2.44. The summed E-state index contributed by atoms with van der Waals surface area (Å²) in [5, 5.41) is 4.47. The van der Waals surface area contributed by atoms with E-state index in [1.807, 2.05) is 39.0 Å². The van der Waals surface area contributed by atoms with Crippen molar-refractivity contribution < 1.29 is 4.74 Å². The Balaban J connectivity index is 1.52. The molecule has 0 bridgehead atoms. The zero-order valence-corrected chi connectivity index (χ0v) is 17.0. The van der Waals surface area contributed by atoms with Crippen molar-refractivity contribution in [1.29, 1.82) is 0 Å². The lowest BCUT2D eigenvalue weighted by molar-refractivity contribution is 0.310. The van der Waals surface area contributed by atoms with Crippen LogP contribution in [0.4, 0.5) is 0 Å². The van der Waals surface area contributed by atoms with Gasteiger partial charge in [0, 0.05) is 24.9 Å². The lowest BCUT2D eigenvalue weighted by Gasteiger charge is -2.09. The first-order chi connectivity index (χ1) is 14.0. The first-order valence-corrected chi connectivity index (χ1v) is 9.89. The summed E-state index contributed by atoms with van der Waals surface area (Å²) in [5.41, 5.74) is 3.14. The van der Waals surface area contributed by atoms with E-state index < -0.39 is 0 Å². The average Bonchev–Trinajstić information content (AvgIpc) is 3.33. The van der Waals surface area contributed by atoms with Crippen molar-refractivity contribution >= 4 is 11.0 Å². The maximum atomic E-state index is 5.64. The van der Waals surface area contributed by atoms with Crippen LogP contribution in [0, 0.1) is 13.8 Å². The fraction of sp³-hybridized carbons (Fsp3) is 0.381. The monoisotopic (exact) mass is 389 g/mol. The third kappa shape index (κ3) is 3.04. The van der Waals surface area contributed by atoms with Crippen molar-refractivity contribution in [3.8, 4) is 11.8 Å². The van der Waals surface area contributed by atoms with Gasteiger partial charge >= 0.3 is 6.01 Å². The maximum Gasteiger partial charge on any atom is 0.318 e. The van der Waals surface area contributed by atoms with Crippen LogP contribution in [0.2, 0.25) is 0 Å². The van der Waals surface area contributed by atoms with Crippen LogP contribution in [-0.2, 0) is 7.05 Å². The van der Waals surface area contributed by atoms with E-state index in [1.165, 1.54) is 0 Å². The van der Waals surface area contributed by atoms with E-state index in [1.54, 1.807) is 4.68 Å². The predicted octanol–water partition coefficient (Wildman–Crippen LogP) is 3.23. The molecule has 3 heterocycles. The van der Waals surface area contributed by atoms with Crippen molar-refractivity contribution in [3.05, 3.63) is 53.5 Å². The third-order valence-corrected chi connectivity index (χ3v) is 5.40. The van der Waals surface area contributed by atoms with Crippen molar-refractivity contribution in [2.24, 2.45) is 7.05 Å². The molecule has 0 aliphatic heterocycles. The number of imidazole rings is 1. The molecule has 1 aromatic carbocycles. The molecule has 5 rings (SSSR count). The van der Waals surface area contributed by atoms with Gasteiger partial charge in [-0.25, -0.2) is 9.97 Å². The highest BCUT2D eigenvalue weighted by molar-refractivity contribution is 5.76. The summed E-state index contributed by atoms with van der Waals surface area (Å²) < 4.78 is 9.58. The molecule has 29 heavy (non-hydrogen) atoms. The number of aromatic nitrogens is 7. The fourth-order valence-electron chi connectivity index (χ4n) is 3.96. The number of hydrogen-bond donors (Lipinski definition) is 0. The standard InChI is InChI=1S/C21H23N7O/c1-5-29-21-24-17(11-19(25-21)28-13(3)22-12(2)26-28)14-10-15(14)20-23-16-8-6-7-9-18(16)27(20)4/h6-9,11,14-15H,5,10H2,1-4H3/t14-,15-/m1/s1. The summed E-state index contributed by atoms with van der Waals surface area (Å²) in [5.74, 6) is 3.91. The first-order valence-electron chi connectivity index (χ1n) is 9.89. The Morgan fingerprint density at radius 2 is 1.90 bits per heavy atom. The Bertz CT molecular complexity index is 1210. The number of benzene rings is 1. The van der Waals surface area contributed by atoms with Gasteiger partial charge in [-0.15, -0.1) is 5.10 Å². The van der Waals surface area contributed by atoms with Crippen molar-refractivity contribution in [3.63, 3.8) is 0 Å². The highest BCUT2D eigenvalue weighted by atomic mass is 16.5. The van der Waals surface area contributed by atoms with Gasteiger partial charge < -0.3 is 9.30 Å². The lowest BCUT2D eigenvalue weighted by atomic mass is 10.2. The van der Waals surface area contributed by atoms with Crippen LogP contribution >= 0.6 is 0 Å². The lowest BCUT2D eigenvalue weighted by Crippen LogP contribution is -2.08. The van der Waals surface area contributed by atoms with E-state index in [0.717, 1.165) is 34.8 Å². The van der Waals surface area contributed by atoms with Gasteiger partial charge in [0.1, 0.15) is 17.5 Å². The largest absolute Gasteiger partial charge is 0.464 e. The summed E-state index contributed by atoms with van der Waals surface area (Å²) in [4.78, 5) is 18.5. The highest BCUT2D eigenvalue weighted by Crippen LogP contribution is 2.54. The second-order valence-corrected chi connectivity index (χ2v) is 7.45. The Hall–Kier alpha value is -3.29. The molecule has 0 spiro atoms. The molecular weight excluding hydrogens is 366 g/mol. The van der Waals surface area contributed by atoms with Crippen LogP contribution < -0.4 is 4.74 Å². The molecule has 0 amide bonds. The molecule has 148 valence electrons. The van der Waals surface area contributed by atoms with Crippen LogP contribution in [-0.4, -0.2) is 40.9 Å². The molecule has 0 saturated heterocycles. The molecule has 2 atom stereocenters. The minimum absolute atomic E-state index is 0.288. The third-order valence-electron chi connectivity index (χ3n) is 5.40. The van der Waals surface area contributed by atoms with Crippen LogP contribution in [0.3, 0.4) is 0 Å². The summed E-state index contributed by atoms with van der Waals surface area (Å²) in [6.45, 7) is 6.23. The minimum Gasteiger partial charge on any atom is -0.464 e. The quantitative estimate of drug-likeness (QED) is 0.521. The van der Waals surface area contributed by atoms with Crippen molar-refractivity contribution in [2.75, 3.05) is 6.61 Å². The number of rotatable bonds is 5. The molecule has 0 unspecified atom stereocenters. The molecule has 8 heteroatoms. The predicted molar refractivity (Wildman–Crippen MR) is 108 cm³/mol. The van der Waals surface area contributed by atoms with Gasteiger partial charge in [0.15, 0.2) is 5.82 Å². The molecule has 1 aliphatic carbocycles. The summed E-state index contributed by atoms with van der Waals surface area (Å²) >= 11 is 0. The average molecular weight is 389 g/mol. The normalized spacial score (nSPS) is 18.3. The summed E-state index contributed by atoms with van der Waals surface area (Å²) in [6, 6.07) is 10.6. The topological polar surface area (TPSA) is 83.5 Å². The number of para-hydroxylation sites is 2. The second kappa shape index (κ2) is 6.65. The Morgan fingerprint density at radius 3 is 2.62 bits per heavy atom. The van der Waals surface area contributed by atoms with Crippen LogP contribution in [0.5, 0.6) is 6.01 Å². The van der Waals surface area contributed by atoms with Crippen molar-refractivity contribution in [2.45, 2.75) is 39.0 Å². The second-order valence-electron chi connectivity index (χ2n) is 7.45. The number of ether oxygens (including phenoxy) is 1. The van der Waals surface area contributed by atoms with Crippen molar-refractivity contribution in [1.82, 2.24) is 34.3 Å². The van der Waals surface area contributed by atoms with Crippen LogP contribution in [0.1, 0.15) is 48.3 Å². The van der Waals surface area contributed by atoms with Gasteiger partial charge in [0.25, 0.3) is 0 Å². The SMILES string of the molecule is CCOc1nc([C@@H]2C[C@H]2c2nc3ccccc3n2C)cc(-n2nc(C)nc2C)n1. The molecule has 0 N–H and O–H groups in total. The zero-order valence-electron chi connectivity index (χ0n) is 17.0. The number of fused-ring (bicyclic) bond motifs is 1. The zero-order chi connectivity index (χ0) is 20.1. The van der Waals surface area contributed by atoms with Gasteiger partial charge in [-0.2, -0.15) is 14.6 Å². The first kappa shape index (κ1) is 17.8. The van der Waals surface area contributed by atoms with E-state index in [0.29, 0.717) is 30.2 Å². The molecule has 8 nitrogen and oxygen atoms in total. The maximum absolute atomic E-state index is 5.64. The van der Waals surface area contributed by atoms with Gasteiger partial charge in [0.05, 0.1) is 23.3 Å². The summed E-state index contributed by atoms with van der Waals surface area (Å²) in [6.07, 6.45) is 1.01. The van der Waals surface area contributed by atoms with Crippen LogP contribution in [0.25, 0.3) is 16.9 Å². The molecule has 0 radical (unpaired) electrons. The Kier molecular flexibility index (Phi) is 4.08. The minimum atomic E-state index is 0.288. The van der Waals surface area contributed by atoms with Crippen LogP contribution in [0.15, 0.2) is 30.3 Å². The van der Waals surface area contributed by atoms with E-state index in [9.17, 15) is 0 Å². The molecule has 1 aliphatic rings.